The van der Waals surface area contributed by atoms with Gasteiger partial charge in [0.2, 0.25) is 0 Å². The molecule has 0 bridgehead atoms. The zero-order valence-corrected chi connectivity index (χ0v) is 13.0. The van der Waals surface area contributed by atoms with Gasteiger partial charge in [0.15, 0.2) is 5.82 Å². The molecular weight excluding hydrogens is 323 g/mol. The molecule has 20 heavy (non-hydrogen) atoms. The molecule has 0 aliphatic carbocycles. The summed E-state index contributed by atoms with van der Waals surface area (Å²) >= 11 is 12.1. The fourth-order valence-electron chi connectivity index (χ4n) is 1.56. The summed E-state index contributed by atoms with van der Waals surface area (Å²) < 4.78 is 21.9. The van der Waals surface area contributed by atoms with Crippen LogP contribution in [0, 0.1) is 0 Å². The molecule has 0 fully saturated rings. The minimum atomic E-state index is -1.23. The number of hydrogen-bond donors (Lipinski definition) is 0. The molecule has 108 valence electrons. The average molecular weight is 335 g/mol. The molecular formula is C12H12Cl2N2O3S. The van der Waals surface area contributed by atoms with Crippen molar-refractivity contribution in [2.24, 2.45) is 0 Å². The van der Waals surface area contributed by atoms with Gasteiger partial charge in [-0.15, -0.1) is 0 Å². The molecule has 0 saturated carbocycles. The van der Waals surface area contributed by atoms with Crippen LogP contribution in [0.1, 0.15) is 17.3 Å². The molecule has 1 aromatic heterocycles. The molecule has 2 aromatic rings. The molecule has 5 nitrogen and oxygen atoms in total. The van der Waals surface area contributed by atoms with Gasteiger partial charge < -0.3 is 9.26 Å². The number of hydrogen-bond acceptors (Lipinski definition) is 5. The van der Waals surface area contributed by atoms with Crippen LogP contribution in [-0.4, -0.2) is 21.5 Å². The Hall–Kier alpha value is -0.950. The van der Waals surface area contributed by atoms with E-state index in [0.717, 1.165) is 0 Å². The molecule has 0 N–H and O–H groups in total. The first-order valence-electron chi connectivity index (χ1n) is 5.68. The Balaban J connectivity index is 2.01. The van der Waals surface area contributed by atoms with Crippen molar-refractivity contribution in [1.29, 1.82) is 0 Å². The predicted octanol–water partition coefficient (Wildman–Crippen LogP) is 2.97. The van der Waals surface area contributed by atoms with Gasteiger partial charge in [-0.3, -0.25) is 4.21 Å². The minimum Gasteiger partial charge on any atom is -0.375 e. The number of methoxy groups -OCH3 is 1. The summed E-state index contributed by atoms with van der Waals surface area (Å²) in [7, 11) is 0.301. The summed E-state index contributed by atoms with van der Waals surface area (Å²) in [5.74, 6) is 1.15. The van der Waals surface area contributed by atoms with E-state index in [1.165, 1.54) is 7.11 Å². The molecule has 0 amide bonds. The summed E-state index contributed by atoms with van der Waals surface area (Å²) in [6.07, 6.45) is 0. The zero-order valence-electron chi connectivity index (χ0n) is 10.6. The van der Waals surface area contributed by atoms with E-state index in [-0.39, 0.29) is 18.1 Å². The lowest BCUT2D eigenvalue weighted by Gasteiger charge is -2.05. The highest BCUT2D eigenvalue weighted by Crippen LogP contribution is 2.25. The van der Waals surface area contributed by atoms with Crippen LogP contribution < -0.4 is 0 Å². The van der Waals surface area contributed by atoms with Crippen LogP contribution in [0.15, 0.2) is 22.7 Å². The Morgan fingerprint density at radius 2 is 2.00 bits per heavy atom. The third-order valence-electron chi connectivity index (χ3n) is 2.44. The van der Waals surface area contributed by atoms with Gasteiger partial charge in [0.25, 0.3) is 5.89 Å². The number of aromatic nitrogens is 2. The number of benzene rings is 1. The minimum absolute atomic E-state index is 0.175. The quantitative estimate of drug-likeness (QED) is 0.812. The second-order valence-corrected chi connectivity index (χ2v) is 6.24. The lowest BCUT2D eigenvalue weighted by molar-refractivity contribution is 0.151. The Kier molecular flexibility index (Phi) is 5.54. The van der Waals surface area contributed by atoms with E-state index in [2.05, 4.69) is 10.1 Å². The summed E-state index contributed by atoms with van der Waals surface area (Å²) in [4.78, 5) is 4.06. The maximum absolute atomic E-state index is 12.1. The predicted molar refractivity (Wildman–Crippen MR) is 77.0 cm³/mol. The zero-order chi connectivity index (χ0) is 14.5. The van der Waals surface area contributed by atoms with Crippen molar-refractivity contribution < 1.29 is 13.5 Å². The first-order valence-corrected chi connectivity index (χ1v) is 7.93. The van der Waals surface area contributed by atoms with Crippen molar-refractivity contribution in [2.45, 2.75) is 18.1 Å². The number of ether oxygens (including phenoxy) is 1. The fourth-order valence-corrected chi connectivity index (χ4v) is 3.39. The van der Waals surface area contributed by atoms with Gasteiger partial charge in [-0.2, -0.15) is 4.98 Å². The van der Waals surface area contributed by atoms with Crippen LogP contribution in [0.4, 0.5) is 0 Å². The number of halogens is 2. The van der Waals surface area contributed by atoms with E-state index in [0.29, 0.717) is 27.3 Å². The molecule has 0 spiro atoms. The van der Waals surface area contributed by atoms with E-state index in [1.807, 2.05) is 0 Å². The Labute approximate surface area is 128 Å². The van der Waals surface area contributed by atoms with Crippen LogP contribution in [-0.2, 0) is 33.6 Å². The van der Waals surface area contributed by atoms with Crippen molar-refractivity contribution >= 4 is 34.0 Å². The van der Waals surface area contributed by atoms with Crippen molar-refractivity contribution in [2.75, 3.05) is 7.11 Å². The lowest BCUT2D eigenvalue weighted by Crippen LogP contribution is -2.02. The molecule has 0 unspecified atom stereocenters. The summed E-state index contributed by atoms with van der Waals surface area (Å²) in [5.41, 5.74) is 0.662. The first-order chi connectivity index (χ1) is 9.60. The number of rotatable bonds is 6. The van der Waals surface area contributed by atoms with Crippen molar-refractivity contribution in [1.82, 2.24) is 10.1 Å². The molecule has 8 heteroatoms. The molecule has 0 saturated heterocycles. The van der Waals surface area contributed by atoms with E-state index in [9.17, 15) is 4.21 Å². The van der Waals surface area contributed by atoms with Crippen LogP contribution in [0.2, 0.25) is 10.0 Å². The second kappa shape index (κ2) is 7.17. The molecule has 1 heterocycles. The highest BCUT2D eigenvalue weighted by molar-refractivity contribution is 7.83. The van der Waals surface area contributed by atoms with Crippen LogP contribution in [0.3, 0.4) is 0 Å². The third kappa shape index (κ3) is 4.02. The topological polar surface area (TPSA) is 65.2 Å². The van der Waals surface area contributed by atoms with E-state index in [4.69, 9.17) is 32.5 Å². The Morgan fingerprint density at radius 3 is 2.65 bits per heavy atom. The summed E-state index contributed by atoms with van der Waals surface area (Å²) in [6.45, 7) is 0.232. The monoisotopic (exact) mass is 334 g/mol. The smallest absolute Gasteiger partial charge is 0.252 e. The lowest BCUT2D eigenvalue weighted by atomic mass is 10.2. The summed E-state index contributed by atoms with van der Waals surface area (Å²) in [6, 6.07) is 5.17. The van der Waals surface area contributed by atoms with Crippen molar-refractivity contribution in [3.05, 3.63) is 45.5 Å². The maximum Gasteiger partial charge on any atom is 0.252 e. The largest absolute Gasteiger partial charge is 0.375 e. The van der Waals surface area contributed by atoms with E-state index in [1.54, 1.807) is 18.2 Å². The van der Waals surface area contributed by atoms with Gasteiger partial charge in [0.1, 0.15) is 6.61 Å². The third-order valence-corrected chi connectivity index (χ3v) is 4.33. The van der Waals surface area contributed by atoms with Crippen molar-refractivity contribution in [3.63, 3.8) is 0 Å². The SMILES string of the molecule is COCc1nc(C[S@@](=O)Cc2c(Cl)cccc2Cl)no1. The highest BCUT2D eigenvalue weighted by atomic mass is 35.5. The molecule has 1 aromatic carbocycles. The first kappa shape index (κ1) is 15.4. The van der Waals surface area contributed by atoms with Gasteiger partial charge in [-0.1, -0.05) is 34.4 Å². The van der Waals surface area contributed by atoms with Gasteiger partial charge in [-0.25, -0.2) is 0 Å². The molecule has 1 atom stereocenters. The average Bonchev–Trinajstić information content (AvgIpc) is 2.82. The highest BCUT2D eigenvalue weighted by Gasteiger charge is 2.13. The second-order valence-electron chi connectivity index (χ2n) is 3.97. The normalized spacial score (nSPS) is 12.6. The van der Waals surface area contributed by atoms with E-state index < -0.39 is 10.8 Å². The van der Waals surface area contributed by atoms with Gasteiger partial charge in [-0.05, 0) is 12.1 Å². The van der Waals surface area contributed by atoms with Crippen molar-refractivity contribution in [3.8, 4) is 0 Å². The van der Waals surface area contributed by atoms with Crippen LogP contribution in [0.5, 0.6) is 0 Å². The fraction of sp³-hybridized carbons (Fsp3) is 0.333. The van der Waals surface area contributed by atoms with E-state index >= 15 is 0 Å². The van der Waals surface area contributed by atoms with Crippen LogP contribution in [0.25, 0.3) is 0 Å². The van der Waals surface area contributed by atoms with Gasteiger partial charge in [0, 0.05) is 33.5 Å². The molecule has 2 rings (SSSR count). The molecule has 0 aliphatic heterocycles. The standard InChI is InChI=1S/C12H12Cl2N2O3S/c1-18-5-12-15-11(16-19-12)7-20(17)6-8-9(13)3-2-4-10(8)14/h2-4H,5-7H2,1H3/t20-/m0/s1. The maximum atomic E-state index is 12.1. The summed E-state index contributed by atoms with van der Waals surface area (Å²) in [5, 5.41) is 4.73. The Bertz CT molecular complexity index is 598. The molecule has 0 aliphatic rings. The number of nitrogens with zero attached hydrogens (tertiary/aromatic N) is 2. The van der Waals surface area contributed by atoms with Crippen LogP contribution >= 0.6 is 23.2 Å². The van der Waals surface area contributed by atoms with Gasteiger partial charge >= 0.3 is 0 Å². The molecule has 0 radical (unpaired) electrons. The Morgan fingerprint density at radius 1 is 1.30 bits per heavy atom. The van der Waals surface area contributed by atoms with Gasteiger partial charge in [0.05, 0.1) is 11.5 Å².